The SMILES string of the molecule is CN1CCC(Sc2ccncc2)C1=O. The molecule has 0 aliphatic carbocycles. The van der Waals surface area contributed by atoms with E-state index in [9.17, 15) is 4.79 Å². The molecule has 1 aliphatic heterocycles. The summed E-state index contributed by atoms with van der Waals surface area (Å²) in [4.78, 5) is 18.5. The van der Waals surface area contributed by atoms with Gasteiger partial charge in [0.25, 0.3) is 0 Å². The van der Waals surface area contributed by atoms with Gasteiger partial charge in [0.2, 0.25) is 5.91 Å². The molecular formula is C10H12N2OS. The fraction of sp³-hybridized carbons (Fsp3) is 0.400. The molecule has 1 unspecified atom stereocenters. The van der Waals surface area contributed by atoms with Crippen LogP contribution in [0.3, 0.4) is 0 Å². The van der Waals surface area contributed by atoms with Gasteiger partial charge in [-0.3, -0.25) is 9.78 Å². The Balaban J connectivity index is 2.02. The van der Waals surface area contributed by atoms with Crippen molar-refractivity contribution in [1.82, 2.24) is 9.88 Å². The fourth-order valence-electron chi connectivity index (χ4n) is 1.48. The molecule has 0 radical (unpaired) electrons. The maximum Gasteiger partial charge on any atom is 0.235 e. The van der Waals surface area contributed by atoms with Gasteiger partial charge < -0.3 is 4.90 Å². The second-order valence-electron chi connectivity index (χ2n) is 3.34. The van der Waals surface area contributed by atoms with Crippen molar-refractivity contribution in [3.05, 3.63) is 24.5 Å². The van der Waals surface area contributed by atoms with Crippen LogP contribution in [-0.4, -0.2) is 34.6 Å². The number of pyridine rings is 1. The summed E-state index contributed by atoms with van der Waals surface area (Å²) in [5.41, 5.74) is 0. The van der Waals surface area contributed by atoms with Crippen molar-refractivity contribution < 1.29 is 4.79 Å². The predicted molar refractivity (Wildman–Crippen MR) is 56.1 cm³/mol. The van der Waals surface area contributed by atoms with Gasteiger partial charge in [0.1, 0.15) is 0 Å². The van der Waals surface area contributed by atoms with Gasteiger partial charge in [0, 0.05) is 30.9 Å². The number of carbonyl (C=O) groups excluding carboxylic acids is 1. The summed E-state index contributed by atoms with van der Waals surface area (Å²) >= 11 is 1.63. The van der Waals surface area contributed by atoms with Gasteiger partial charge in [0.15, 0.2) is 0 Å². The lowest BCUT2D eigenvalue weighted by Gasteiger charge is -2.09. The van der Waals surface area contributed by atoms with E-state index >= 15 is 0 Å². The molecule has 0 spiro atoms. The average Bonchev–Trinajstić information content (AvgIpc) is 2.52. The Bertz CT molecular complexity index is 328. The minimum Gasteiger partial charge on any atom is -0.345 e. The molecule has 1 saturated heterocycles. The molecule has 1 fully saturated rings. The first kappa shape index (κ1) is 9.52. The highest BCUT2D eigenvalue weighted by molar-refractivity contribution is 8.00. The number of carbonyl (C=O) groups is 1. The Hall–Kier alpha value is -1.03. The summed E-state index contributed by atoms with van der Waals surface area (Å²) in [6, 6.07) is 3.88. The molecule has 1 amide bonds. The van der Waals surface area contributed by atoms with Crippen LogP contribution >= 0.6 is 11.8 Å². The van der Waals surface area contributed by atoms with E-state index in [0.717, 1.165) is 17.9 Å². The molecule has 4 heteroatoms. The molecule has 1 aliphatic rings. The number of thioether (sulfide) groups is 1. The molecule has 1 atom stereocenters. The van der Waals surface area contributed by atoms with Crippen molar-refractivity contribution in [2.24, 2.45) is 0 Å². The van der Waals surface area contributed by atoms with Crippen molar-refractivity contribution in [2.75, 3.05) is 13.6 Å². The Morgan fingerprint density at radius 2 is 2.21 bits per heavy atom. The minimum absolute atomic E-state index is 0.0994. The Labute approximate surface area is 87.5 Å². The first-order valence-corrected chi connectivity index (χ1v) is 5.47. The molecular weight excluding hydrogens is 196 g/mol. The number of hydrogen-bond acceptors (Lipinski definition) is 3. The Morgan fingerprint density at radius 3 is 2.79 bits per heavy atom. The minimum atomic E-state index is 0.0994. The van der Waals surface area contributed by atoms with E-state index < -0.39 is 0 Å². The molecule has 1 aromatic rings. The van der Waals surface area contributed by atoms with Gasteiger partial charge in [-0.1, -0.05) is 0 Å². The zero-order valence-electron chi connectivity index (χ0n) is 8.01. The summed E-state index contributed by atoms with van der Waals surface area (Å²) in [6.07, 6.45) is 4.46. The highest BCUT2D eigenvalue weighted by Gasteiger charge is 2.29. The summed E-state index contributed by atoms with van der Waals surface area (Å²) in [6.45, 7) is 0.877. The average molecular weight is 208 g/mol. The van der Waals surface area contributed by atoms with E-state index in [2.05, 4.69) is 4.98 Å². The second kappa shape index (κ2) is 4.00. The van der Waals surface area contributed by atoms with Gasteiger partial charge in [0.05, 0.1) is 5.25 Å². The first-order chi connectivity index (χ1) is 6.77. The van der Waals surface area contributed by atoms with Gasteiger partial charge in [-0.2, -0.15) is 0 Å². The zero-order valence-corrected chi connectivity index (χ0v) is 8.83. The Kier molecular flexibility index (Phi) is 2.72. The predicted octanol–water partition coefficient (Wildman–Crippen LogP) is 1.40. The van der Waals surface area contributed by atoms with Gasteiger partial charge in [-0.25, -0.2) is 0 Å². The lowest BCUT2D eigenvalue weighted by atomic mass is 10.4. The molecule has 0 bridgehead atoms. The van der Waals surface area contributed by atoms with E-state index in [1.165, 1.54) is 0 Å². The quantitative estimate of drug-likeness (QED) is 0.736. The van der Waals surface area contributed by atoms with Crippen molar-refractivity contribution in [3.63, 3.8) is 0 Å². The Morgan fingerprint density at radius 1 is 1.50 bits per heavy atom. The van der Waals surface area contributed by atoms with E-state index in [0.29, 0.717) is 0 Å². The van der Waals surface area contributed by atoms with Crippen LogP contribution in [0.5, 0.6) is 0 Å². The molecule has 0 aromatic carbocycles. The van der Waals surface area contributed by atoms with Crippen LogP contribution in [0.25, 0.3) is 0 Å². The largest absolute Gasteiger partial charge is 0.345 e. The van der Waals surface area contributed by atoms with Crippen LogP contribution in [-0.2, 0) is 4.79 Å². The van der Waals surface area contributed by atoms with E-state index in [4.69, 9.17) is 0 Å². The third kappa shape index (κ3) is 1.90. The lowest BCUT2D eigenvalue weighted by molar-refractivity contribution is -0.126. The molecule has 0 saturated carbocycles. The van der Waals surface area contributed by atoms with E-state index in [-0.39, 0.29) is 11.2 Å². The number of likely N-dealkylation sites (tertiary alicyclic amines) is 1. The molecule has 3 nitrogen and oxygen atoms in total. The van der Waals surface area contributed by atoms with Crippen LogP contribution in [0.1, 0.15) is 6.42 Å². The standard InChI is InChI=1S/C10H12N2OS/c1-12-7-4-9(10(12)13)14-8-2-5-11-6-3-8/h2-3,5-6,9H,4,7H2,1H3. The van der Waals surface area contributed by atoms with Gasteiger partial charge >= 0.3 is 0 Å². The van der Waals surface area contributed by atoms with Crippen LogP contribution in [0.2, 0.25) is 0 Å². The number of hydrogen-bond donors (Lipinski definition) is 0. The molecule has 2 heterocycles. The smallest absolute Gasteiger partial charge is 0.235 e. The fourth-order valence-corrected chi connectivity index (χ4v) is 2.59. The number of amides is 1. The van der Waals surface area contributed by atoms with Crippen molar-refractivity contribution in [3.8, 4) is 0 Å². The molecule has 2 rings (SSSR count). The van der Waals surface area contributed by atoms with Crippen molar-refractivity contribution >= 4 is 17.7 Å². The first-order valence-electron chi connectivity index (χ1n) is 4.59. The highest BCUT2D eigenvalue weighted by Crippen LogP contribution is 2.29. The monoisotopic (exact) mass is 208 g/mol. The molecule has 74 valence electrons. The van der Waals surface area contributed by atoms with Crippen LogP contribution < -0.4 is 0 Å². The maximum absolute atomic E-state index is 11.6. The normalized spacial score (nSPS) is 21.6. The maximum atomic E-state index is 11.6. The van der Waals surface area contributed by atoms with Crippen LogP contribution in [0.15, 0.2) is 29.4 Å². The lowest BCUT2D eigenvalue weighted by Crippen LogP contribution is -2.23. The topological polar surface area (TPSA) is 33.2 Å². The second-order valence-corrected chi connectivity index (χ2v) is 4.61. The van der Waals surface area contributed by atoms with Gasteiger partial charge in [-0.15, -0.1) is 11.8 Å². The zero-order chi connectivity index (χ0) is 9.97. The van der Waals surface area contributed by atoms with E-state index in [1.54, 1.807) is 29.1 Å². The van der Waals surface area contributed by atoms with Crippen LogP contribution in [0, 0.1) is 0 Å². The van der Waals surface area contributed by atoms with Gasteiger partial charge in [-0.05, 0) is 18.6 Å². The third-order valence-corrected chi connectivity index (χ3v) is 3.57. The number of aromatic nitrogens is 1. The van der Waals surface area contributed by atoms with E-state index in [1.807, 2.05) is 19.2 Å². The van der Waals surface area contributed by atoms with Crippen LogP contribution in [0.4, 0.5) is 0 Å². The molecule has 1 aromatic heterocycles. The van der Waals surface area contributed by atoms with Crippen molar-refractivity contribution in [2.45, 2.75) is 16.6 Å². The highest BCUT2D eigenvalue weighted by atomic mass is 32.2. The third-order valence-electron chi connectivity index (χ3n) is 2.31. The summed E-state index contributed by atoms with van der Waals surface area (Å²) in [7, 11) is 1.86. The van der Waals surface area contributed by atoms with Crippen molar-refractivity contribution in [1.29, 1.82) is 0 Å². The summed E-state index contributed by atoms with van der Waals surface area (Å²) < 4.78 is 0. The molecule has 14 heavy (non-hydrogen) atoms. The number of nitrogens with zero attached hydrogens (tertiary/aromatic N) is 2. The number of rotatable bonds is 2. The summed E-state index contributed by atoms with van der Waals surface area (Å²) in [5.74, 6) is 0.242. The summed E-state index contributed by atoms with van der Waals surface area (Å²) in [5, 5.41) is 0.0994. The molecule has 0 N–H and O–H groups in total.